The van der Waals surface area contributed by atoms with Gasteiger partial charge in [-0.05, 0) is 47.5 Å². The molecule has 7 nitrogen and oxygen atoms in total. The van der Waals surface area contributed by atoms with Crippen LogP contribution < -0.4 is 10.2 Å². The lowest BCUT2D eigenvalue weighted by Gasteiger charge is -2.36. The second kappa shape index (κ2) is 9.84. The monoisotopic (exact) mass is 492 g/mol. The number of anilines is 1. The number of aromatic amines is 1. The highest BCUT2D eigenvalue weighted by atomic mass is 16.2. The lowest BCUT2D eigenvalue weighted by atomic mass is 9.98. The van der Waals surface area contributed by atoms with Gasteiger partial charge in [-0.3, -0.25) is 14.8 Å². The molecule has 3 aromatic carbocycles. The van der Waals surface area contributed by atoms with Crippen molar-refractivity contribution in [3.63, 3.8) is 0 Å². The van der Waals surface area contributed by atoms with Gasteiger partial charge in [0, 0.05) is 45.3 Å². The standard InChI is InChI=1S/C30H32N6O/c1-34-14-16-36(17-15-34)20-21-6-5-7-24(18-21)22-10-12-23(13-11-22)28-26(19-31-33-28)29-32-30(37)25-8-3-4-9-27(25)35(29)2/h3-13,18-19,29H,14-17,20H2,1-2H3,(H,31,33)(H,32,37). The molecule has 0 spiro atoms. The molecule has 3 heterocycles. The number of aromatic nitrogens is 2. The van der Waals surface area contributed by atoms with Gasteiger partial charge in [0.2, 0.25) is 0 Å². The molecule has 2 aliphatic heterocycles. The average molecular weight is 493 g/mol. The molecule has 6 rings (SSSR count). The fourth-order valence-corrected chi connectivity index (χ4v) is 5.37. The molecule has 0 aliphatic carbocycles. The van der Waals surface area contributed by atoms with Gasteiger partial charge in [-0.25, -0.2) is 0 Å². The highest BCUT2D eigenvalue weighted by Gasteiger charge is 2.31. The van der Waals surface area contributed by atoms with Crippen molar-refractivity contribution in [2.45, 2.75) is 12.7 Å². The van der Waals surface area contributed by atoms with E-state index in [0.717, 1.165) is 55.2 Å². The molecule has 1 unspecified atom stereocenters. The van der Waals surface area contributed by atoms with Crippen molar-refractivity contribution in [3.8, 4) is 22.4 Å². The van der Waals surface area contributed by atoms with E-state index in [9.17, 15) is 4.79 Å². The van der Waals surface area contributed by atoms with Crippen LogP contribution in [0.5, 0.6) is 0 Å². The average Bonchev–Trinajstić information content (AvgIpc) is 3.42. The Balaban J connectivity index is 1.22. The van der Waals surface area contributed by atoms with Crippen LogP contribution in [0.1, 0.15) is 27.7 Å². The summed E-state index contributed by atoms with van der Waals surface area (Å²) < 4.78 is 0. The van der Waals surface area contributed by atoms with Crippen molar-refractivity contribution >= 4 is 11.6 Å². The Morgan fingerprint density at radius 2 is 1.62 bits per heavy atom. The summed E-state index contributed by atoms with van der Waals surface area (Å²) in [6.07, 6.45) is 1.50. The third kappa shape index (κ3) is 4.63. The van der Waals surface area contributed by atoms with Crippen LogP contribution in [0.25, 0.3) is 22.4 Å². The molecule has 0 bridgehead atoms. The molecule has 4 aromatic rings. The third-order valence-corrected chi connectivity index (χ3v) is 7.58. The zero-order chi connectivity index (χ0) is 25.4. The Morgan fingerprint density at radius 3 is 2.43 bits per heavy atom. The van der Waals surface area contributed by atoms with E-state index in [0.29, 0.717) is 5.56 Å². The Morgan fingerprint density at radius 1 is 0.865 bits per heavy atom. The first-order valence-corrected chi connectivity index (χ1v) is 12.8. The number of fused-ring (bicyclic) bond motifs is 1. The van der Waals surface area contributed by atoms with E-state index in [-0.39, 0.29) is 12.1 Å². The summed E-state index contributed by atoms with van der Waals surface area (Å²) in [5.41, 5.74) is 8.23. The smallest absolute Gasteiger partial charge is 0.255 e. The van der Waals surface area contributed by atoms with Gasteiger partial charge in [0.15, 0.2) is 0 Å². The predicted molar refractivity (Wildman–Crippen MR) is 147 cm³/mol. The zero-order valence-electron chi connectivity index (χ0n) is 21.3. The Bertz CT molecular complexity index is 1400. The van der Waals surface area contributed by atoms with Crippen molar-refractivity contribution in [1.82, 2.24) is 25.3 Å². The van der Waals surface area contributed by atoms with E-state index < -0.39 is 0 Å². The lowest BCUT2D eigenvalue weighted by Crippen LogP contribution is -2.44. The van der Waals surface area contributed by atoms with Crippen molar-refractivity contribution in [2.24, 2.45) is 0 Å². The Labute approximate surface area is 217 Å². The number of amides is 1. The number of likely N-dealkylation sites (N-methyl/N-ethyl adjacent to an activating group) is 1. The molecule has 7 heteroatoms. The van der Waals surface area contributed by atoms with E-state index in [1.807, 2.05) is 31.3 Å². The van der Waals surface area contributed by atoms with Crippen molar-refractivity contribution in [2.75, 3.05) is 45.2 Å². The Kier molecular flexibility index (Phi) is 6.24. The van der Waals surface area contributed by atoms with Crippen LogP contribution >= 0.6 is 0 Å². The van der Waals surface area contributed by atoms with Gasteiger partial charge in [0.05, 0.1) is 23.1 Å². The van der Waals surface area contributed by atoms with Gasteiger partial charge in [0.1, 0.15) is 6.17 Å². The van der Waals surface area contributed by atoms with E-state index >= 15 is 0 Å². The number of carbonyl (C=O) groups excluding carboxylic acids is 1. The molecule has 1 saturated heterocycles. The third-order valence-electron chi connectivity index (χ3n) is 7.58. The first kappa shape index (κ1) is 23.5. The highest BCUT2D eigenvalue weighted by Crippen LogP contribution is 2.35. The molecule has 1 aromatic heterocycles. The maximum Gasteiger partial charge on any atom is 0.255 e. The molecule has 0 radical (unpaired) electrons. The summed E-state index contributed by atoms with van der Waals surface area (Å²) in [5, 5.41) is 10.6. The minimum Gasteiger partial charge on any atom is -0.350 e. The van der Waals surface area contributed by atoms with Crippen molar-refractivity contribution in [3.05, 3.63) is 95.7 Å². The van der Waals surface area contributed by atoms with Gasteiger partial charge in [0.25, 0.3) is 5.91 Å². The summed E-state index contributed by atoms with van der Waals surface area (Å²) in [4.78, 5) is 19.8. The molecule has 1 atom stereocenters. The number of piperazine rings is 1. The summed E-state index contributed by atoms with van der Waals surface area (Å²) in [6.45, 7) is 5.47. The SMILES string of the molecule is CN1CCN(Cc2cccc(-c3ccc(-c4[nH]ncc4C4NC(=O)c5ccccc5N4C)cc3)c2)CC1. The van der Waals surface area contributed by atoms with Crippen LogP contribution in [0.3, 0.4) is 0 Å². The number of carbonyl (C=O) groups is 1. The molecule has 1 amide bonds. The molecule has 2 N–H and O–H groups in total. The number of nitrogens with zero attached hydrogens (tertiary/aromatic N) is 4. The summed E-state index contributed by atoms with van der Waals surface area (Å²) in [5.74, 6) is -0.0716. The van der Waals surface area contributed by atoms with Crippen LogP contribution in [0.15, 0.2) is 79.0 Å². The van der Waals surface area contributed by atoms with Crippen LogP contribution in [0, 0.1) is 0 Å². The van der Waals surface area contributed by atoms with E-state index in [1.165, 1.54) is 16.7 Å². The first-order chi connectivity index (χ1) is 18.1. The molecule has 1 fully saturated rings. The van der Waals surface area contributed by atoms with Crippen molar-refractivity contribution < 1.29 is 4.79 Å². The zero-order valence-corrected chi connectivity index (χ0v) is 21.3. The lowest BCUT2D eigenvalue weighted by molar-refractivity contribution is 0.0928. The number of para-hydroxylation sites is 1. The van der Waals surface area contributed by atoms with Gasteiger partial charge in [-0.2, -0.15) is 5.10 Å². The number of hydrogen-bond donors (Lipinski definition) is 2. The predicted octanol–water partition coefficient (Wildman–Crippen LogP) is 4.37. The molecule has 188 valence electrons. The molecule has 37 heavy (non-hydrogen) atoms. The number of H-pyrrole nitrogens is 1. The highest BCUT2D eigenvalue weighted by molar-refractivity contribution is 6.02. The van der Waals surface area contributed by atoms with Crippen molar-refractivity contribution in [1.29, 1.82) is 0 Å². The maximum atomic E-state index is 12.8. The number of rotatable bonds is 5. The number of nitrogens with one attached hydrogen (secondary N) is 2. The normalized spacial score (nSPS) is 18.5. The number of benzene rings is 3. The molecule has 2 aliphatic rings. The van der Waals surface area contributed by atoms with Gasteiger partial charge < -0.3 is 15.1 Å². The fraction of sp³-hybridized carbons (Fsp3) is 0.267. The molecular weight excluding hydrogens is 460 g/mol. The van der Waals surface area contributed by atoms with Gasteiger partial charge >= 0.3 is 0 Å². The fourth-order valence-electron chi connectivity index (χ4n) is 5.37. The minimum atomic E-state index is -0.304. The van der Waals surface area contributed by atoms with Gasteiger partial charge in [-0.1, -0.05) is 54.6 Å². The number of hydrogen-bond acceptors (Lipinski definition) is 5. The second-order valence-electron chi connectivity index (χ2n) is 10.1. The van der Waals surface area contributed by atoms with E-state index in [4.69, 9.17) is 0 Å². The minimum absolute atomic E-state index is 0.0716. The first-order valence-electron chi connectivity index (χ1n) is 12.8. The summed E-state index contributed by atoms with van der Waals surface area (Å²) in [7, 11) is 4.19. The maximum absolute atomic E-state index is 12.8. The Hall–Kier alpha value is -3.94. The largest absolute Gasteiger partial charge is 0.350 e. The summed E-state index contributed by atoms with van der Waals surface area (Å²) in [6, 6.07) is 25.1. The quantitative estimate of drug-likeness (QED) is 0.433. The summed E-state index contributed by atoms with van der Waals surface area (Å²) >= 11 is 0. The van der Waals surface area contributed by atoms with Crippen LogP contribution in [0.2, 0.25) is 0 Å². The van der Waals surface area contributed by atoms with E-state index in [2.05, 4.69) is 85.8 Å². The topological polar surface area (TPSA) is 67.5 Å². The van der Waals surface area contributed by atoms with Crippen LogP contribution in [-0.4, -0.2) is 66.2 Å². The molecular formula is C30H32N6O. The van der Waals surface area contributed by atoms with E-state index in [1.54, 1.807) is 6.20 Å². The second-order valence-corrected chi connectivity index (χ2v) is 10.1. The van der Waals surface area contributed by atoms with Crippen LogP contribution in [0.4, 0.5) is 5.69 Å². The van der Waals surface area contributed by atoms with Gasteiger partial charge in [-0.15, -0.1) is 0 Å². The van der Waals surface area contributed by atoms with Crippen LogP contribution in [-0.2, 0) is 6.54 Å². The molecule has 0 saturated carbocycles.